The van der Waals surface area contributed by atoms with E-state index < -0.39 is 0 Å². The van der Waals surface area contributed by atoms with Gasteiger partial charge in [-0.1, -0.05) is 6.47 Å². The molecule has 0 aromatic rings. The fourth-order valence-corrected chi connectivity index (χ4v) is 0. The van der Waals surface area contributed by atoms with Gasteiger partial charge >= 0.3 is 32.7 Å². The summed E-state index contributed by atoms with van der Waals surface area (Å²) >= 11 is 0. The molecule has 0 fully saturated rings. The van der Waals surface area contributed by atoms with Crippen LogP contribution in [0.5, 0.6) is 0 Å². The second-order valence-electron chi connectivity index (χ2n) is 0.0913. The van der Waals surface area contributed by atoms with Crippen molar-refractivity contribution in [3.05, 3.63) is 14.9 Å². The van der Waals surface area contributed by atoms with Crippen LogP contribution in [0.2, 0.25) is 0 Å². The summed E-state index contributed by atoms with van der Waals surface area (Å²) in [5.41, 5.74) is 0. The maximum absolute atomic E-state index is 8.24. The maximum atomic E-state index is 8.24. The van der Waals surface area contributed by atoms with Crippen LogP contribution in [0.4, 0.5) is 0 Å². The van der Waals surface area contributed by atoms with Gasteiger partial charge in [0.15, 0.2) is 0 Å². The molecule has 0 aliphatic heterocycles. The van der Waals surface area contributed by atoms with Crippen molar-refractivity contribution in [2.24, 2.45) is 0 Å². The minimum atomic E-state index is 0. The summed E-state index contributed by atoms with van der Waals surface area (Å²) in [4.78, 5) is 8.24. The largest absolute Gasteiger partial charge is 3.00 e. The standard InChI is InChI=1S/CHO2.2CH3.Y/c2-1-3;;;/h(H,2,3);2*1H3;/q3*-1;+3. The minimum Gasteiger partial charge on any atom is -0.665 e. The molecule has 0 bridgehead atoms. The molecular formula is C3H7O2Y. The quantitative estimate of drug-likeness (QED) is 0.529. The molecule has 0 saturated heterocycles. The van der Waals surface area contributed by atoms with Gasteiger partial charge in [-0.2, -0.15) is 0 Å². The molecule has 3 heteroatoms. The van der Waals surface area contributed by atoms with E-state index in [1.165, 1.54) is 0 Å². The number of hydrogen-bond acceptors (Lipinski definition) is 1. The first-order valence-corrected chi connectivity index (χ1v) is 0.428. The fraction of sp³-hybridized carbons (Fsp3) is 0. The smallest absolute Gasteiger partial charge is 0.665 e. The summed E-state index contributed by atoms with van der Waals surface area (Å²) in [6.07, 6.45) is 0. The average Bonchev–Trinajstić information content (AvgIpc) is 0.918. The predicted octanol–water partition coefficient (Wildman–Crippen LogP) is 0.510. The first kappa shape index (κ1) is 30.8. The van der Waals surface area contributed by atoms with Crippen LogP contribution in [0.1, 0.15) is 0 Å². The number of aliphatic hydroxyl groups excluding tert-OH is 1. The van der Waals surface area contributed by atoms with Crippen molar-refractivity contribution in [3.63, 3.8) is 0 Å². The molecule has 0 heterocycles. The van der Waals surface area contributed by atoms with Crippen LogP contribution in [-0.4, -0.2) is 11.6 Å². The summed E-state index contributed by atoms with van der Waals surface area (Å²) in [6.45, 7) is 0.500. The fourth-order valence-electron chi connectivity index (χ4n) is 0. The van der Waals surface area contributed by atoms with Crippen LogP contribution in [0.25, 0.3) is 0 Å². The van der Waals surface area contributed by atoms with Crippen LogP contribution in [0.15, 0.2) is 0 Å². The second kappa shape index (κ2) is 47.1. The molecule has 0 rings (SSSR count). The monoisotopic (exact) mass is 164 g/mol. The molecule has 0 spiro atoms. The summed E-state index contributed by atoms with van der Waals surface area (Å²) in [5.74, 6) is 0. The van der Waals surface area contributed by atoms with Gasteiger partial charge in [0.2, 0.25) is 0 Å². The Morgan fingerprint density at radius 1 is 1.33 bits per heavy atom. The van der Waals surface area contributed by atoms with E-state index in [4.69, 9.17) is 9.90 Å². The van der Waals surface area contributed by atoms with E-state index in [1.807, 2.05) is 0 Å². The molecule has 0 aromatic heterocycles. The third-order valence-corrected chi connectivity index (χ3v) is 0. The van der Waals surface area contributed by atoms with Crippen molar-refractivity contribution in [2.45, 2.75) is 0 Å². The Kier molecular flexibility index (Phi) is 242. The van der Waals surface area contributed by atoms with Gasteiger partial charge in [0.25, 0.3) is 0 Å². The van der Waals surface area contributed by atoms with Crippen molar-refractivity contribution in [2.75, 3.05) is 0 Å². The Bertz CT molecular complexity index is 16.3. The molecule has 2 nitrogen and oxygen atoms in total. The van der Waals surface area contributed by atoms with Gasteiger partial charge in [-0.15, -0.1) is 0 Å². The van der Waals surface area contributed by atoms with Gasteiger partial charge in [-0.05, 0) is 0 Å². The van der Waals surface area contributed by atoms with Crippen molar-refractivity contribution in [1.82, 2.24) is 0 Å². The van der Waals surface area contributed by atoms with Crippen molar-refractivity contribution >= 4 is 6.47 Å². The van der Waals surface area contributed by atoms with Gasteiger partial charge in [0.05, 0.1) is 0 Å². The molecule has 0 atom stereocenters. The van der Waals surface area contributed by atoms with Gasteiger partial charge in [-0.3, -0.25) is 0 Å². The molecule has 0 unspecified atom stereocenters. The van der Waals surface area contributed by atoms with Crippen LogP contribution in [-0.2, 0) is 37.5 Å². The minimum absolute atomic E-state index is 0. The zero-order chi connectivity index (χ0) is 2.71. The molecule has 1 N–H and O–H groups in total. The van der Waals surface area contributed by atoms with E-state index in [0.29, 0.717) is 6.47 Å². The number of rotatable bonds is 0. The van der Waals surface area contributed by atoms with Crippen LogP contribution >= 0.6 is 0 Å². The van der Waals surface area contributed by atoms with E-state index in [1.54, 1.807) is 0 Å². The zero-order valence-electron chi connectivity index (χ0n) is 3.93. The second-order valence-corrected chi connectivity index (χ2v) is 0.0913. The topological polar surface area (TPSA) is 37.3 Å². The first-order chi connectivity index (χ1) is 1.41. The third kappa shape index (κ3) is 177. The zero-order valence-corrected chi connectivity index (χ0v) is 6.77. The van der Waals surface area contributed by atoms with E-state index >= 15 is 0 Å². The molecule has 0 radical (unpaired) electrons. The molecule has 0 aromatic carbocycles. The molecule has 0 aliphatic carbocycles. The van der Waals surface area contributed by atoms with E-state index in [0.717, 1.165) is 0 Å². The summed E-state index contributed by atoms with van der Waals surface area (Å²) in [5, 5.41) is 6.76. The van der Waals surface area contributed by atoms with Crippen molar-refractivity contribution in [3.8, 4) is 0 Å². The summed E-state index contributed by atoms with van der Waals surface area (Å²) in [6, 6.07) is 0. The van der Waals surface area contributed by atoms with Gasteiger partial charge < -0.3 is 24.8 Å². The van der Waals surface area contributed by atoms with E-state index in [2.05, 4.69) is 0 Å². The summed E-state index contributed by atoms with van der Waals surface area (Å²) < 4.78 is 0. The molecule has 0 amide bonds. The van der Waals surface area contributed by atoms with Gasteiger partial charge in [0.1, 0.15) is 0 Å². The number of hydrogen-bond donors (Lipinski definition) is 1. The van der Waals surface area contributed by atoms with Crippen molar-refractivity contribution < 1.29 is 42.6 Å². The Labute approximate surface area is 63.8 Å². The van der Waals surface area contributed by atoms with E-state index in [9.17, 15) is 0 Å². The molecule has 0 saturated carbocycles. The molecular weight excluding hydrogens is 157 g/mol. The maximum Gasteiger partial charge on any atom is 3.00 e. The van der Waals surface area contributed by atoms with Gasteiger partial charge in [-0.25, -0.2) is 0 Å². The SMILES string of the molecule is O=[C-]O.[CH3-].[CH3-].[Y+3]. The average molecular weight is 164 g/mol. The molecule has 0 aliphatic rings. The molecule has 6 heavy (non-hydrogen) atoms. The van der Waals surface area contributed by atoms with Crippen LogP contribution in [0.3, 0.4) is 0 Å². The Balaban J connectivity index is -0.00000000667. The van der Waals surface area contributed by atoms with Crippen LogP contribution < -0.4 is 0 Å². The Morgan fingerprint density at radius 2 is 1.33 bits per heavy atom. The van der Waals surface area contributed by atoms with Crippen LogP contribution in [0, 0.1) is 14.9 Å². The predicted molar refractivity (Wildman–Crippen MR) is 21.2 cm³/mol. The molecule has 34 valence electrons. The third-order valence-electron chi connectivity index (χ3n) is 0. The summed E-state index contributed by atoms with van der Waals surface area (Å²) in [7, 11) is 0. The normalized spacial score (nSPS) is 2.00. The van der Waals surface area contributed by atoms with Gasteiger partial charge in [0, 0.05) is 0 Å². The Hall–Kier alpha value is 0.574. The van der Waals surface area contributed by atoms with Crippen molar-refractivity contribution in [1.29, 1.82) is 0 Å². The van der Waals surface area contributed by atoms with E-state index in [-0.39, 0.29) is 47.6 Å². The first-order valence-electron chi connectivity index (χ1n) is 0.428. The Morgan fingerprint density at radius 3 is 1.33 bits per heavy atom.